The third-order valence-electron chi connectivity index (χ3n) is 5.34. The topological polar surface area (TPSA) is 85.8 Å². The van der Waals surface area contributed by atoms with Crippen LogP contribution in [0.5, 0.6) is 0 Å². The van der Waals surface area contributed by atoms with E-state index in [2.05, 4.69) is 37.3 Å². The number of hydrogen-bond acceptors (Lipinski definition) is 5. The molecule has 152 valence electrons. The fourth-order valence-electron chi connectivity index (χ4n) is 3.86. The Morgan fingerprint density at radius 1 is 1.17 bits per heavy atom. The van der Waals surface area contributed by atoms with Crippen molar-refractivity contribution in [2.75, 3.05) is 49.5 Å². The first-order valence-corrected chi connectivity index (χ1v) is 10.2. The number of nitrogens with one attached hydrogen (secondary N) is 2. The van der Waals surface area contributed by atoms with Crippen molar-refractivity contribution in [2.24, 2.45) is 4.99 Å². The summed E-state index contributed by atoms with van der Waals surface area (Å²) in [6, 6.07) is 9.74. The lowest BCUT2D eigenvalue weighted by Gasteiger charge is -2.36. The van der Waals surface area contributed by atoms with Crippen molar-refractivity contribution in [1.82, 2.24) is 20.2 Å². The van der Waals surface area contributed by atoms with Crippen LogP contribution >= 0.6 is 0 Å². The molecule has 1 amide bonds. The lowest BCUT2D eigenvalue weighted by atomic mass is 9.97. The Hall–Kier alpha value is -3.16. The van der Waals surface area contributed by atoms with Gasteiger partial charge in [-0.3, -0.25) is 9.79 Å². The quantitative estimate of drug-likeness (QED) is 0.594. The molecule has 3 heterocycles. The number of carbonyl (C=O) groups excluding carboxylic acids is 1. The Morgan fingerprint density at radius 3 is 2.69 bits per heavy atom. The molecule has 1 unspecified atom stereocenters. The van der Waals surface area contributed by atoms with Gasteiger partial charge in [0.05, 0.1) is 5.92 Å². The zero-order valence-corrected chi connectivity index (χ0v) is 16.7. The smallest absolute Gasteiger partial charge is 0.232 e. The SMILES string of the molecule is CCNC(=NCCC1C(=O)Nc2ccccc21)N1CCN(c2ncccn2)CC1. The maximum absolute atomic E-state index is 12.3. The third kappa shape index (κ3) is 4.31. The molecule has 8 nitrogen and oxygen atoms in total. The average molecular weight is 393 g/mol. The van der Waals surface area contributed by atoms with E-state index in [4.69, 9.17) is 4.99 Å². The van der Waals surface area contributed by atoms with Gasteiger partial charge >= 0.3 is 0 Å². The molecule has 1 aromatic heterocycles. The van der Waals surface area contributed by atoms with Gasteiger partial charge in [-0.05, 0) is 31.0 Å². The number of hydrogen-bond donors (Lipinski definition) is 2. The summed E-state index contributed by atoms with van der Waals surface area (Å²) in [7, 11) is 0. The number of para-hydroxylation sites is 1. The molecule has 1 saturated heterocycles. The Bertz CT molecular complexity index is 862. The van der Waals surface area contributed by atoms with Gasteiger partial charge in [-0.15, -0.1) is 0 Å². The van der Waals surface area contributed by atoms with Crippen LogP contribution in [0.15, 0.2) is 47.7 Å². The van der Waals surface area contributed by atoms with Crippen LogP contribution < -0.4 is 15.5 Å². The number of benzene rings is 1. The van der Waals surface area contributed by atoms with Crippen molar-refractivity contribution in [3.05, 3.63) is 48.3 Å². The van der Waals surface area contributed by atoms with Gasteiger partial charge < -0.3 is 20.4 Å². The summed E-state index contributed by atoms with van der Waals surface area (Å²) in [5.74, 6) is 1.64. The highest BCUT2D eigenvalue weighted by molar-refractivity contribution is 6.02. The minimum absolute atomic E-state index is 0.0721. The summed E-state index contributed by atoms with van der Waals surface area (Å²) in [5, 5.41) is 6.35. The standard InChI is InChI=1S/C21H27N7O/c1-2-22-20(27-12-14-28(15-13-27)21-23-9-5-10-24-21)25-11-8-17-16-6-3-4-7-18(16)26-19(17)29/h3-7,9-10,17H,2,8,11-15H2,1H3,(H,22,25)(H,26,29). The number of amides is 1. The highest BCUT2D eigenvalue weighted by atomic mass is 16.2. The summed E-state index contributed by atoms with van der Waals surface area (Å²) in [4.78, 5) is 30.3. The molecule has 0 aliphatic carbocycles. The predicted octanol–water partition coefficient (Wildman–Crippen LogP) is 1.69. The van der Waals surface area contributed by atoms with Crippen LogP contribution in [0, 0.1) is 0 Å². The molecule has 0 bridgehead atoms. The van der Waals surface area contributed by atoms with Gasteiger partial charge in [0, 0.05) is 57.3 Å². The Labute approximate surface area is 171 Å². The maximum Gasteiger partial charge on any atom is 0.232 e. The van der Waals surface area contributed by atoms with Crippen molar-refractivity contribution in [1.29, 1.82) is 0 Å². The van der Waals surface area contributed by atoms with Gasteiger partial charge in [0.15, 0.2) is 5.96 Å². The molecule has 0 radical (unpaired) electrons. The monoisotopic (exact) mass is 393 g/mol. The Balaban J connectivity index is 1.36. The first kappa shape index (κ1) is 19.2. The van der Waals surface area contributed by atoms with Crippen LogP contribution in [-0.2, 0) is 4.79 Å². The summed E-state index contributed by atoms with van der Waals surface area (Å²) in [5.41, 5.74) is 2.01. The third-order valence-corrected chi connectivity index (χ3v) is 5.34. The zero-order chi connectivity index (χ0) is 20.1. The van der Waals surface area contributed by atoms with Crippen molar-refractivity contribution in [3.63, 3.8) is 0 Å². The average Bonchev–Trinajstić information content (AvgIpc) is 3.09. The van der Waals surface area contributed by atoms with Crippen LogP contribution in [0.25, 0.3) is 0 Å². The fourth-order valence-corrected chi connectivity index (χ4v) is 3.86. The van der Waals surface area contributed by atoms with Crippen LogP contribution in [0.3, 0.4) is 0 Å². The Morgan fingerprint density at radius 2 is 1.93 bits per heavy atom. The van der Waals surface area contributed by atoms with Crippen LogP contribution in [-0.4, -0.2) is 66.0 Å². The van der Waals surface area contributed by atoms with Crippen LogP contribution in [0.2, 0.25) is 0 Å². The summed E-state index contributed by atoms with van der Waals surface area (Å²) < 4.78 is 0. The number of fused-ring (bicyclic) bond motifs is 1. The minimum Gasteiger partial charge on any atom is -0.357 e. The lowest BCUT2D eigenvalue weighted by Crippen LogP contribution is -2.53. The van der Waals surface area contributed by atoms with Crippen LogP contribution in [0.1, 0.15) is 24.8 Å². The van der Waals surface area contributed by atoms with Crippen molar-refractivity contribution >= 4 is 23.5 Å². The highest BCUT2D eigenvalue weighted by Crippen LogP contribution is 2.34. The first-order valence-electron chi connectivity index (χ1n) is 10.2. The van der Waals surface area contributed by atoms with E-state index in [9.17, 15) is 4.79 Å². The number of rotatable bonds is 5. The molecule has 4 rings (SSSR count). The molecule has 1 atom stereocenters. The normalized spacial score (nSPS) is 19.1. The van der Waals surface area contributed by atoms with E-state index in [1.54, 1.807) is 12.4 Å². The Kier molecular flexibility index (Phi) is 5.88. The second kappa shape index (κ2) is 8.89. The second-order valence-corrected chi connectivity index (χ2v) is 7.18. The predicted molar refractivity (Wildman–Crippen MR) is 114 cm³/mol. The maximum atomic E-state index is 12.3. The summed E-state index contributed by atoms with van der Waals surface area (Å²) >= 11 is 0. The summed E-state index contributed by atoms with van der Waals surface area (Å²) in [6.45, 7) is 6.92. The second-order valence-electron chi connectivity index (χ2n) is 7.18. The number of aromatic nitrogens is 2. The van der Waals surface area contributed by atoms with E-state index in [1.165, 1.54) is 0 Å². The molecular formula is C21H27N7O. The molecule has 1 fully saturated rings. The molecule has 2 aromatic rings. The van der Waals surface area contributed by atoms with E-state index >= 15 is 0 Å². The number of guanidine groups is 1. The van der Waals surface area contributed by atoms with Gasteiger partial charge in [-0.25, -0.2) is 9.97 Å². The number of aliphatic imine (C=N–C) groups is 1. The summed E-state index contributed by atoms with van der Waals surface area (Å²) in [6.07, 6.45) is 4.25. The molecule has 2 N–H and O–H groups in total. The van der Waals surface area contributed by atoms with E-state index < -0.39 is 0 Å². The van der Waals surface area contributed by atoms with E-state index in [0.717, 1.165) is 55.9 Å². The molecule has 0 saturated carbocycles. The highest BCUT2D eigenvalue weighted by Gasteiger charge is 2.29. The van der Waals surface area contributed by atoms with Gasteiger partial charge in [-0.1, -0.05) is 18.2 Å². The fraction of sp³-hybridized carbons (Fsp3) is 0.429. The van der Waals surface area contributed by atoms with E-state index in [-0.39, 0.29) is 11.8 Å². The van der Waals surface area contributed by atoms with Gasteiger partial charge in [0.25, 0.3) is 0 Å². The molecular weight excluding hydrogens is 366 g/mol. The number of anilines is 2. The molecule has 2 aliphatic heterocycles. The van der Waals surface area contributed by atoms with Gasteiger partial charge in [0.2, 0.25) is 11.9 Å². The van der Waals surface area contributed by atoms with Crippen molar-refractivity contribution in [3.8, 4) is 0 Å². The lowest BCUT2D eigenvalue weighted by molar-refractivity contribution is -0.117. The largest absolute Gasteiger partial charge is 0.357 e. The molecule has 0 spiro atoms. The molecule has 8 heteroatoms. The molecule has 29 heavy (non-hydrogen) atoms. The number of carbonyl (C=O) groups is 1. The molecule has 1 aromatic carbocycles. The minimum atomic E-state index is -0.120. The number of piperazine rings is 1. The van der Waals surface area contributed by atoms with E-state index in [1.807, 2.05) is 30.3 Å². The van der Waals surface area contributed by atoms with Crippen molar-refractivity contribution in [2.45, 2.75) is 19.3 Å². The van der Waals surface area contributed by atoms with E-state index in [0.29, 0.717) is 13.0 Å². The number of nitrogens with zero attached hydrogens (tertiary/aromatic N) is 5. The van der Waals surface area contributed by atoms with Crippen molar-refractivity contribution < 1.29 is 4.79 Å². The van der Waals surface area contributed by atoms with Crippen LogP contribution in [0.4, 0.5) is 11.6 Å². The van der Waals surface area contributed by atoms with Gasteiger partial charge in [0.1, 0.15) is 0 Å². The first-order chi connectivity index (χ1) is 14.3. The zero-order valence-electron chi connectivity index (χ0n) is 16.7. The molecule has 2 aliphatic rings. The van der Waals surface area contributed by atoms with Gasteiger partial charge in [-0.2, -0.15) is 0 Å².